The number of aromatic nitrogens is 1. The van der Waals surface area contributed by atoms with Gasteiger partial charge in [-0.25, -0.2) is 4.98 Å². The van der Waals surface area contributed by atoms with E-state index in [1.807, 2.05) is 48.6 Å². The van der Waals surface area contributed by atoms with Crippen LogP contribution in [0.15, 0.2) is 84.6 Å². The highest BCUT2D eigenvalue weighted by atomic mass is 14.9. The molecule has 1 aliphatic heterocycles. The zero-order valence-corrected chi connectivity index (χ0v) is 12.6. The Bertz CT molecular complexity index is 949. The Hall–Kier alpha value is -3.13. The van der Waals surface area contributed by atoms with Gasteiger partial charge < -0.3 is 5.32 Å². The third-order valence-electron chi connectivity index (χ3n) is 3.84. The molecule has 0 radical (unpaired) electrons. The molecule has 1 aromatic heterocycles. The van der Waals surface area contributed by atoms with Crippen molar-refractivity contribution >= 4 is 28.7 Å². The third-order valence-corrected chi connectivity index (χ3v) is 3.84. The van der Waals surface area contributed by atoms with Crippen LogP contribution in [0.2, 0.25) is 0 Å². The van der Waals surface area contributed by atoms with E-state index in [0.29, 0.717) is 0 Å². The molecule has 0 fully saturated rings. The van der Waals surface area contributed by atoms with Gasteiger partial charge in [-0.3, -0.25) is 0 Å². The van der Waals surface area contributed by atoms with Crippen LogP contribution >= 0.6 is 0 Å². The number of benzene rings is 2. The molecule has 3 aromatic rings. The first-order chi connectivity index (χ1) is 11.4. The molecule has 2 heterocycles. The SMILES string of the molecule is C(=Cc1ccc2ccccc2n1)C=C1C=Cc2ccccc2N1. The number of para-hydroxylation sites is 2. The fourth-order valence-electron chi connectivity index (χ4n) is 2.66. The lowest BCUT2D eigenvalue weighted by Gasteiger charge is -2.14. The van der Waals surface area contributed by atoms with Crippen molar-refractivity contribution in [2.45, 2.75) is 0 Å². The Morgan fingerprint density at radius 1 is 0.826 bits per heavy atom. The summed E-state index contributed by atoms with van der Waals surface area (Å²) < 4.78 is 0. The van der Waals surface area contributed by atoms with E-state index in [1.165, 1.54) is 5.56 Å². The van der Waals surface area contributed by atoms with Crippen LogP contribution in [0, 0.1) is 0 Å². The maximum atomic E-state index is 4.64. The molecule has 1 N–H and O–H groups in total. The van der Waals surface area contributed by atoms with Crippen molar-refractivity contribution in [1.29, 1.82) is 0 Å². The van der Waals surface area contributed by atoms with Gasteiger partial charge in [0, 0.05) is 16.8 Å². The van der Waals surface area contributed by atoms with Gasteiger partial charge in [0.15, 0.2) is 0 Å². The standard InChI is InChI=1S/C21H16N2/c1-3-10-20-16(6-1)12-14-18(22-20)8-5-9-19-15-13-17-7-2-4-11-21(17)23-19/h1-15,22H. The minimum Gasteiger partial charge on any atom is -0.355 e. The van der Waals surface area contributed by atoms with E-state index in [0.717, 1.165) is 28.0 Å². The van der Waals surface area contributed by atoms with Crippen LogP contribution < -0.4 is 5.32 Å². The topological polar surface area (TPSA) is 24.9 Å². The fraction of sp³-hybridized carbons (Fsp3) is 0. The molecular formula is C21H16N2. The van der Waals surface area contributed by atoms with Gasteiger partial charge in [-0.05, 0) is 42.0 Å². The van der Waals surface area contributed by atoms with Crippen molar-refractivity contribution < 1.29 is 0 Å². The molecule has 0 bridgehead atoms. The number of anilines is 1. The van der Waals surface area contributed by atoms with Crippen LogP contribution in [-0.4, -0.2) is 4.98 Å². The molecule has 0 saturated heterocycles. The van der Waals surface area contributed by atoms with Gasteiger partial charge in [-0.15, -0.1) is 0 Å². The summed E-state index contributed by atoms with van der Waals surface area (Å²) in [5.41, 5.74) is 5.40. The third kappa shape index (κ3) is 2.92. The lowest BCUT2D eigenvalue weighted by Crippen LogP contribution is -2.02. The van der Waals surface area contributed by atoms with Gasteiger partial charge in [0.05, 0.1) is 11.2 Å². The Morgan fingerprint density at radius 3 is 2.70 bits per heavy atom. The second kappa shape index (κ2) is 5.93. The molecule has 0 unspecified atom stereocenters. The van der Waals surface area contributed by atoms with Crippen LogP contribution in [0.5, 0.6) is 0 Å². The van der Waals surface area contributed by atoms with Crippen molar-refractivity contribution in [3.8, 4) is 0 Å². The molecule has 2 nitrogen and oxygen atoms in total. The van der Waals surface area contributed by atoms with Gasteiger partial charge >= 0.3 is 0 Å². The van der Waals surface area contributed by atoms with Crippen LogP contribution in [0.3, 0.4) is 0 Å². The quantitative estimate of drug-likeness (QED) is 0.696. The largest absolute Gasteiger partial charge is 0.355 e. The van der Waals surface area contributed by atoms with Crippen LogP contribution in [0.4, 0.5) is 5.69 Å². The lowest BCUT2D eigenvalue weighted by molar-refractivity contribution is 1.37. The predicted molar refractivity (Wildman–Crippen MR) is 98.0 cm³/mol. The van der Waals surface area contributed by atoms with Gasteiger partial charge in [0.2, 0.25) is 0 Å². The summed E-state index contributed by atoms with van der Waals surface area (Å²) in [7, 11) is 0. The smallest absolute Gasteiger partial charge is 0.0709 e. The molecule has 2 heteroatoms. The number of nitrogens with one attached hydrogen (secondary N) is 1. The summed E-state index contributed by atoms with van der Waals surface area (Å²) in [6.45, 7) is 0. The molecule has 0 aliphatic carbocycles. The average Bonchev–Trinajstić information content (AvgIpc) is 2.61. The van der Waals surface area contributed by atoms with E-state index in [1.54, 1.807) is 0 Å². The second-order valence-corrected chi connectivity index (χ2v) is 5.46. The molecule has 0 atom stereocenters. The molecular weight excluding hydrogens is 280 g/mol. The van der Waals surface area contributed by atoms with Crippen LogP contribution in [-0.2, 0) is 0 Å². The molecule has 2 aromatic carbocycles. The monoisotopic (exact) mass is 296 g/mol. The van der Waals surface area contributed by atoms with E-state index in [2.05, 4.69) is 52.8 Å². The summed E-state index contributed by atoms with van der Waals surface area (Å²) in [5, 5.41) is 4.58. The highest BCUT2D eigenvalue weighted by molar-refractivity contribution is 5.79. The van der Waals surface area contributed by atoms with Gasteiger partial charge in [-0.1, -0.05) is 54.6 Å². The molecule has 0 saturated carbocycles. The number of allylic oxidation sites excluding steroid dienone is 3. The average molecular weight is 296 g/mol. The first kappa shape index (κ1) is 13.5. The Balaban J connectivity index is 1.55. The molecule has 0 spiro atoms. The highest BCUT2D eigenvalue weighted by Crippen LogP contribution is 2.23. The van der Waals surface area contributed by atoms with Crippen molar-refractivity contribution in [3.63, 3.8) is 0 Å². The Labute approximate surface area is 135 Å². The number of pyridine rings is 1. The summed E-state index contributed by atoms with van der Waals surface area (Å²) in [4.78, 5) is 4.64. The van der Waals surface area contributed by atoms with Gasteiger partial charge in [-0.2, -0.15) is 0 Å². The van der Waals surface area contributed by atoms with Crippen molar-refractivity contribution in [3.05, 3.63) is 95.8 Å². The maximum absolute atomic E-state index is 4.64. The van der Waals surface area contributed by atoms with E-state index in [9.17, 15) is 0 Å². The second-order valence-electron chi connectivity index (χ2n) is 5.46. The number of hydrogen-bond donors (Lipinski definition) is 1. The van der Waals surface area contributed by atoms with Crippen molar-refractivity contribution in [1.82, 2.24) is 4.98 Å². The minimum absolute atomic E-state index is 0.959. The fourth-order valence-corrected chi connectivity index (χ4v) is 2.66. The van der Waals surface area contributed by atoms with E-state index < -0.39 is 0 Å². The lowest BCUT2D eigenvalue weighted by atomic mass is 10.1. The Morgan fingerprint density at radius 2 is 1.70 bits per heavy atom. The summed E-state index contributed by atoms with van der Waals surface area (Å²) in [6.07, 6.45) is 10.3. The van der Waals surface area contributed by atoms with Gasteiger partial charge in [0.1, 0.15) is 0 Å². The summed E-state index contributed by atoms with van der Waals surface area (Å²) in [5.74, 6) is 0. The van der Waals surface area contributed by atoms with E-state index >= 15 is 0 Å². The van der Waals surface area contributed by atoms with Crippen molar-refractivity contribution in [2.75, 3.05) is 5.32 Å². The molecule has 4 rings (SSSR count). The molecule has 23 heavy (non-hydrogen) atoms. The number of fused-ring (bicyclic) bond motifs is 2. The predicted octanol–water partition coefficient (Wildman–Crippen LogP) is 5.27. The summed E-state index contributed by atoms with van der Waals surface area (Å²) >= 11 is 0. The van der Waals surface area contributed by atoms with Gasteiger partial charge in [0.25, 0.3) is 0 Å². The normalized spacial score (nSPS) is 15.0. The van der Waals surface area contributed by atoms with E-state index in [4.69, 9.17) is 0 Å². The number of hydrogen-bond acceptors (Lipinski definition) is 2. The zero-order chi connectivity index (χ0) is 15.5. The van der Waals surface area contributed by atoms with E-state index in [-0.39, 0.29) is 0 Å². The molecule has 110 valence electrons. The first-order valence-electron chi connectivity index (χ1n) is 7.67. The van der Waals surface area contributed by atoms with Crippen molar-refractivity contribution in [2.24, 2.45) is 0 Å². The Kier molecular flexibility index (Phi) is 3.49. The number of rotatable bonds is 2. The zero-order valence-electron chi connectivity index (χ0n) is 12.6. The number of nitrogens with zero attached hydrogens (tertiary/aromatic N) is 1. The molecule has 1 aliphatic rings. The van der Waals surface area contributed by atoms with Crippen LogP contribution in [0.25, 0.3) is 23.1 Å². The van der Waals surface area contributed by atoms with Crippen LogP contribution in [0.1, 0.15) is 11.3 Å². The minimum atomic E-state index is 0.959. The maximum Gasteiger partial charge on any atom is 0.0709 e. The highest BCUT2D eigenvalue weighted by Gasteiger charge is 2.04. The summed E-state index contributed by atoms with van der Waals surface area (Å²) in [6, 6.07) is 20.6. The first-order valence-corrected chi connectivity index (χ1v) is 7.67. The molecule has 0 amide bonds.